The first-order valence-corrected chi connectivity index (χ1v) is 5.89. The standard InChI is InChI=1S/C12H25N/c1-10(2)4-5-11(3)8-12-6-7-13-9-12/h10-13H,4-9H2,1-3H3. The molecule has 0 bridgehead atoms. The van der Waals surface area contributed by atoms with E-state index in [0.29, 0.717) is 0 Å². The van der Waals surface area contributed by atoms with E-state index in [4.69, 9.17) is 0 Å². The quantitative estimate of drug-likeness (QED) is 0.691. The number of nitrogens with one attached hydrogen (secondary N) is 1. The van der Waals surface area contributed by atoms with Crippen molar-refractivity contribution < 1.29 is 0 Å². The Kier molecular flexibility index (Phi) is 4.79. The van der Waals surface area contributed by atoms with Crippen LogP contribution in [0.3, 0.4) is 0 Å². The Bertz CT molecular complexity index is 125. The van der Waals surface area contributed by atoms with Gasteiger partial charge in [0.15, 0.2) is 0 Å². The third kappa shape index (κ3) is 4.66. The van der Waals surface area contributed by atoms with Gasteiger partial charge < -0.3 is 5.32 Å². The van der Waals surface area contributed by atoms with Crippen LogP contribution in [0, 0.1) is 17.8 Å². The molecule has 0 aromatic heterocycles. The summed E-state index contributed by atoms with van der Waals surface area (Å²) < 4.78 is 0. The molecule has 78 valence electrons. The van der Waals surface area contributed by atoms with Gasteiger partial charge in [0.25, 0.3) is 0 Å². The Labute approximate surface area is 83.3 Å². The van der Waals surface area contributed by atoms with Crippen LogP contribution in [0.25, 0.3) is 0 Å². The van der Waals surface area contributed by atoms with E-state index in [0.717, 1.165) is 17.8 Å². The molecule has 0 spiro atoms. The molecule has 0 aromatic carbocycles. The molecule has 0 aliphatic carbocycles. The third-order valence-corrected chi connectivity index (χ3v) is 3.13. The Morgan fingerprint density at radius 2 is 2.00 bits per heavy atom. The van der Waals surface area contributed by atoms with Crippen LogP contribution in [-0.2, 0) is 0 Å². The summed E-state index contributed by atoms with van der Waals surface area (Å²) in [4.78, 5) is 0. The first-order valence-electron chi connectivity index (χ1n) is 5.89. The molecule has 0 saturated carbocycles. The van der Waals surface area contributed by atoms with E-state index >= 15 is 0 Å². The second-order valence-corrected chi connectivity index (χ2v) is 5.17. The SMILES string of the molecule is CC(C)CCC(C)CC1CCNC1. The second-order valence-electron chi connectivity index (χ2n) is 5.17. The fourth-order valence-electron chi connectivity index (χ4n) is 2.22. The normalized spacial score (nSPS) is 25.4. The zero-order valence-corrected chi connectivity index (χ0v) is 9.47. The van der Waals surface area contributed by atoms with Crippen molar-refractivity contribution in [2.75, 3.05) is 13.1 Å². The fraction of sp³-hybridized carbons (Fsp3) is 1.00. The van der Waals surface area contributed by atoms with E-state index in [1.807, 2.05) is 0 Å². The summed E-state index contributed by atoms with van der Waals surface area (Å²) in [6.07, 6.45) is 5.68. The topological polar surface area (TPSA) is 12.0 Å². The second kappa shape index (κ2) is 5.64. The molecule has 2 unspecified atom stereocenters. The number of hydrogen-bond donors (Lipinski definition) is 1. The van der Waals surface area contributed by atoms with Gasteiger partial charge in [0.1, 0.15) is 0 Å². The Morgan fingerprint density at radius 1 is 1.23 bits per heavy atom. The number of rotatable bonds is 5. The molecule has 1 aliphatic rings. The predicted molar refractivity (Wildman–Crippen MR) is 58.8 cm³/mol. The van der Waals surface area contributed by atoms with Crippen LogP contribution in [0.1, 0.15) is 46.5 Å². The lowest BCUT2D eigenvalue weighted by Crippen LogP contribution is -2.11. The summed E-state index contributed by atoms with van der Waals surface area (Å²) in [5.74, 6) is 2.79. The fourth-order valence-corrected chi connectivity index (χ4v) is 2.22. The first kappa shape index (κ1) is 11.0. The van der Waals surface area contributed by atoms with Crippen LogP contribution in [0.2, 0.25) is 0 Å². The molecule has 1 fully saturated rings. The Hall–Kier alpha value is -0.0400. The van der Waals surface area contributed by atoms with Crippen LogP contribution in [0.15, 0.2) is 0 Å². The van der Waals surface area contributed by atoms with Crippen molar-refractivity contribution in [1.82, 2.24) is 5.32 Å². The smallest absolute Gasteiger partial charge is 0.00199 e. The van der Waals surface area contributed by atoms with E-state index in [1.165, 1.54) is 38.8 Å². The molecule has 1 N–H and O–H groups in total. The van der Waals surface area contributed by atoms with Crippen LogP contribution in [0.5, 0.6) is 0 Å². The summed E-state index contributed by atoms with van der Waals surface area (Å²) in [7, 11) is 0. The van der Waals surface area contributed by atoms with Crippen LogP contribution < -0.4 is 5.32 Å². The molecule has 2 atom stereocenters. The van der Waals surface area contributed by atoms with Crippen molar-refractivity contribution in [2.24, 2.45) is 17.8 Å². The molecule has 1 nitrogen and oxygen atoms in total. The Balaban J connectivity index is 2.05. The molecule has 1 heterocycles. The molecule has 0 aromatic rings. The average molecular weight is 183 g/mol. The van der Waals surface area contributed by atoms with E-state index in [9.17, 15) is 0 Å². The summed E-state index contributed by atoms with van der Waals surface area (Å²) >= 11 is 0. The summed E-state index contributed by atoms with van der Waals surface area (Å²) in [5.41, 5.74) is 0. The van der Waals surface area contributed by atoms with Gasteiger partial charge in [-0.2, -0.15) is 0 Å². The van der Waals surface area contributed by atoms with E-state index < -0.39 is 0 Å². The summed E-state index contributed by atoms with van der Waals surface area (Å²) in [5, 5.41) is 3.44. The molecule has 1 aliphatic heterocycles. The highest BCUT2D eigenvalue weighted by molar-refractivity contribution is 4.73. The van der Waals surface area contributed by atoms with Crippen LogP contribution in [0.4, 0.5) is 0 Å². The zero-order chi connectivity index (χ0) is 9.68. The molecular weight excluding hydrogens is 158 g/mol. The van der Waals surface area contributed by atoms with Gasteiger partial charge in [-0.1, -0.05) is 33.6 Å². The zero-order valence-electron chi connectivity index (χ0n) is 9.47. The monoisotopic (exact) mass is 183 g/mol. The highest BCUT2D eigenvalue weighted by Gasteiger charge is 2.17. The van der Waals surface area contributed by atoms with E-state index in [2.05, 4.69) is 26.1 Å². The van der Waals surface area contributed by atoms with Gasteiger partial charge in [0.05, 0.1) is 0 Å². The minimum atomic E-state index is 0.879. The summed E-state index contributed by atoms with van der Waals surface area (Å²) in [6.45, 7) is 9.59. The first-order chi connectivity index (χ1) is 6.18. The van der Waals surface area contributed by atoms with Crippen molar-refractivity contribution in [3.05, 3.63) is 0 Å². The van der Waals surface area contributed by atoms with Gasteiger partial charge in [0, 0.05) is 0 Å². The van der Waals surface area contributed by atoms with Crippen molar-refractivity contribution >= 4 is 0 Å². The van der Waals surface area contributed by atoms with E-state index in [1.54, 1.807) is 0 Å². The maximum Gasteiger partial charge on any atom is -0.00199 e. The molecule has 1 heteroatoms. The highest BCUT2D eigenvalue weighted by Crippen LogP contribution is 2.22. The highest BCUT2D eigenvalue weighted by atomic mass is 14.9. The lowest BCUT2D eigenvalue weighted by molar-refractivity contribution is 0.366. The van der Waals surface area contributed by atoms with Crippen molar-refractivity contribution in [2.45, 2.75) is 46.5 Å². The molecule has 13 heavy (non-hydrogen) atoms. The average Bonchev–Trinajstić information content (AvgIpc) is 2.53. The molecule has 1 rings (SSSR count). The number of hydrogen-bond acceptors (Lipinski definition) is 1. The molecule has 0 amide bonds. The van der Waals surface area contributed by atoms with Gasteiger partial charge in [0.2, 0.25) is 0 Å². The summed E-state index contributed by atoms with van der Waals surface area (Å²) in [6, 6.07) is 0. The van der Waals surface area contributed by atoms with Gasteiger partial charge in [-0.3, -0.25) is 0 Å². The minimum absolute atomic E-state index is 0.879. The van der Waals surface area contributed by atoms with Gasteiger partial charge in [-0.25, -0.2) is 0 Å². The van der Waals surface area contributed by atoms with Crippen molar-refractivity contribution in [3.63, 3.8) is 0 Å². The lowest BCUT2D eigenvalue weighted by atomic mass is 9.90. The van der Waals surface area contributed by atoms with Gasteiger partial charge in [-0.15, -0.1) is 0 Å². The molecule has 1 saturated heterocycles. The Morgan fingerprint density at radius 3 is 2.54 bits per heavy atom. The van der Waals surface area contributed by atoms with Gasteiger partial charge >= 0.3 is 0 Å². The van der Waals surface area contributed by atoms with Crippen LogP contribution in [-0.4, -0.2) is 13.1 Å². The maximum atomic E-state index is 3.44. The van der Waals surface area contributed by atoms with Crippen molar-refractivity contribution in [3.8, 4) is 0 Å². The minimum Gasteiger partial charge on any atom is -0.316 e. The predicted octanol–water partition coefficient (Wildman–Crippen LogP) is 3.06. The molecular formula is C12H25N. The molecule has 0 radical (unpaired) electrons. The van der Waals surface area contributed by atoms with Crippen LogP contribution >= 0.6 is 0 Å². The van der Waals surface area contributed by atoms with Crippen molar-refractivity contribution in [1.29, 1.82) is 0 Å². The maximum absolute atomic E-state index is 3.44. The van der Waals surface area contributed by atoms with E-state index in [-0.39, 0.29) is 0 Å². The lowest BCUT2D eigenvalue weighted by Gasteiger charge is -2.16. The van der Waals surface area contributed by atoms with Gasteiger partial charge in [-0.05, 0) is 43.7 Å². The third-order valence-electron chi connectivity index (χ3n) is 3.13. The largest absolute Gasteiger partial charge is 0.316 e.